The van der Waals surface area contributed by atoms with Crippen LogP contribution in [0, 0.1) is 31.5 Å². The Morgan fingerprint density at radius 2 is 1.81 bits per heavy atom. The monoisotopic (exact) mass is 283 g/mol. The van der Waals surface area contributed by atoms with Gasteiger partial charge in [-0.2, -0.15) is 0 Å². The molecule has 0 fully saturated rings. The van der Waals surface area contributed by atoms with Crippen molar-refractivity contribution < 1.29 is 9.13 Å². The predicted molar refractivity (Wildman–Crippen MR) is 82.6 cm³/mol. The Hall–Kier alpha value is -2.31. The second kappa shape index (κ2) is 6.92. The van der Waals surface area contributed by atoms with Gasteiger partial charge in [0.1, 0.15) is 18.2 Å². The summed E-state index contributed by atoms with van der Waals surface area (Å²) in [7, 11) is 0. The molecule has 2 N–H and O–H groups in total. The number of ether oxygens (including phenoxy) is 1. The molecule has 0 aliphatic heterocycles. The third kappa shape index (κ3) is 4.34. The van der Waals surface area contributed by atoms with E-state index in [1.807, 2.05) is 26.0 Å². The molecule has 0 unspecified atom stereocenters. The van der Waals surface area contributed by atoms with Crippen molar-refractivity contribution in [3.8, 4) is 17.6 Å². The lowest BCUT2D eigenvalue weighted by Gasteiger charge is -2.09. The van der Waals surface area contributed by atoms with Crippen LogP contribution in [0.2, 0.25) is 0 Å². The van der Waals surface area contributed by atoms with Crippen molar-refractivity contribution in [2.24, 2.45) is 5.73 Å². The van der Waals surface area contributed by atoms with E-state index in [1.165, 1.54) is 6.07 Å². The van der Waals surface area contributed by atoms with Gasteiger partial charge in [0.05, 0.1) is 6.54 Å². The maximum Gasteiger partial charge on any atom is 0.131 e. The zero-order valence-corrected chi connectivity index (χ0v) is 12.2. The molecule has 2 nitrogen and oxygen atoms in total. The van der Waals surface area contributed by atoms with Crippen molar-refractivity contribution in [1.29, 1.82) is 0 Å². The van der Waals surface area contributed by atoms with Crippen molar-refractivity contribution in [1.82, 2.24) is 0 Å². The minimum atomic E-state index is -0.316. The summed E-state index contributed by atoms with van der Waals surface area (Å²) in [5, 5.41) is 0. The number of nitrogens with two attached hydrogens (primary N) is 1. The number of benzene rings is 2. The fraction of sp³-hybridized carbons (Fsp3) is 0.222. The lowest BCUT2D eigenvalue weighted by molar-refractivity contribution is 0.299. The zero-order valence-electron chi connectivity index (χ0n) is 12.2. The molecule has 0 aliphatic carbocycles. The molecule has 0 aliphatic rings. The minimum absolute atomic E-state index is 0.194. The maximum absolute atomic E-state index is 14.0. The van der Waals surface area contributed by atoms with Gasteiger partial charge in [-0.05, 0) is 49.2 Å². The van der Waals surface area contributed by atoms with Crippen LogP contribution in [0.4, 0.5) is 4.39 Å². The molecule has 0 bridgehead atoms. The summed E-state index contributed by atoms with van der Waals surface area (Å²) >= 11 is 0. The van der Waals surface area contributed by atoms with E-state index < -0.39 is 0 Å². The lowest BCUT2D eigenvalue weighted by atomic mass is 10.1. The highest BCUT2D eigenvalue weighted by atomic mass is 19.1. The Bertz CT molecular complexity index is 678. The average molecular weight is 283 g/mol. The summed E-state index contributed by atoms with van der Waals surface area (Å²) in [5.74, 6) is 5.94. The van der Waals surface area contributed by atoms with Gasteiger partial charge in [-0.15, -0.1) is 0 Å². The van der Waals surface area contributed by atoms with E-state index in [9.17, 15) is 4.39 Å². The van der Waals surface area contributed by atoms with Gasteiger partial charge in [0, 0.05) is 11.1 Å². The average Bonchev–Trinajstić information content (AvgIpc) is 2.43. The van der Waals surface area contributed by atoms with Crippen LogP contribution >= 0.6 is 0 Å². The van der Waals surface area contributed by atoms with Gasteiger partial charge >= 0.3 is 0 Å². The molecule has 0 saturated carbocycles. The predicted octanol–water partition coefficient (Wildman–Crippen LogP) is 3.33. The van der Waals surface area contributed by atoms with E-state index in [-0.39, 0.29) is 19.0 Å². The van der Waals surface area contributed by atoms with Gasteiger partial charge in [0.2, 0.25) is 0 Å². The van der Waals surface area contributed by atoms with Crippen LogP contribution < -0.4 is 10.5 Å². The van der Waals surface area contributed by atoms with Gasteiger partial charge in [0.15, 0.2) is 0 Å². The zero-order chi connectivity index (χ0) is 15.2. The van der Waals surface area contributed by atoms with E-state index in [0.717, 1.165) is 16.9 Å². The van der Waals surface area contributed by atoms with Crippen LogP contribution in [-0.4, -0.2) is 6.54 Å². The first-order chi connectivity index (χ1) is 10.1. The lowest BCUT2D eigenvalue weighted by Crippen LogP contribution is -1.99. The smallest absolute Gasteiger partial charge is 0.131 e. The van der Waals surface area contributed by atoms with Crippen molar-refractivity contribution in [3.05, 3.63) is 64.5 Å². The Morgan fingerprint density at radius 1 is 1.10 bits per heavy atom. The van der Waals surface area contributed by atoms with Crippen LogP contribution in [0.3, 0.4) is 0 Å². The number of hydrogen-bond acceptors (Lipinski definition) is 2. The summed E-state index contributed by atoms with van der Waals surface area (Å²) in [6.45, 7) is 4.47. The molecule has 0 atom stereocenters. The molecule has 0 amide bonds. The van der Waals surface area contributed by atoms with Crippen LogP contribution in [-0.2, 0) is 6.61 Å². The summed E-state index contributed by atoms with van der Waals surface area (Å²) in [6, 6.07) is 10.8. The molecule has 3 heteroatoms. The summed E-state index contributed by atoms with van der Waals surface area (Å²) in [5.41, 5.74) is 8.66. The molecule has 21 heavy (non-hydrogen) atoms. The van der Waals surface area contributed by atoms with E-state index >= 15 is 0 Å². The molecule has 0 heterocycles. The second-order valence-corrected chi connectivity index (χ2v) is 4.92. The Morgan fingerprint density at radius 3 is 2.43 bits per heavy atom. The number of halogens is 1. The van der Waals surface area contributed by atoms with Crippen LogP contribution in [0.1, 0.15) is 22.3 Å². The summed E-state index contributed by atoms with van der Waals surface area (Å²) < 4.78 is 19.6. The normalized spacial score (nSPS) is 9.90. The molecule has 0 saturated heterocycles. The Kier molecular flexibility index (Phi) is 4.97. The van der Waals surface area contributed by atoms with Gasteiger partial charge < -0.3 is 10.5 Å². The van der Waals surface area contributed by atoms with Crippen LogP contribution in [0.5, 0.6) is 5.75 Å². The van der Waals surface area contributed by atoms with Crippen molar-refractivity contribution >= 4 is 0 Å². The largest absolute Gasteiger partial charge is 0.489 e. The number of rotatable bonds is 3. The Labute approximate surface area is 124 Å². The summed E-state index contributed by atoms with van der Waals surface area (Å²) in [4.78, 5) is 0. The molecule has 0 aromatic heterocycles. The number of hydrogen-bond donors (Lipinski definition) is 1. The molecule has 2 rings (SSSR count). The quantitative estimate of drug-likeness (QED) is 0.877. The fourth-order valence-corrected chi connectivity index (χ4v) is 2.07. The van der Waals surface area contributed by atoms with Gasteiger partial charge in [-0.1, -0.05) is 24.0 Å². The first kappa shape index (κ1) is 15.1. The summed E-state index contributed by atoms with van der Waals surface area (Å²) in [6.07, 6.45) is 0. The molecule has 0 spiro atoms. The third-order valence-corrected chi connectivity index (χ3v) is 2.98. The first-order valence-corrected chi connectivity index (χ1v) is 6.77. The fourth-order valence-electron chi connectivity index (χ4n) is 2.07. The first-order valence-electron chi connectivity index (χ1n) is 6.77. The van der Waals surface area contributed by atoms with E-state index in [0.29, 0.717) is 11.1 Å². The van der Waals surface area contributed by atoms with E-state index in [1.54, 1.807) is 12.1 Å². The van der Waals surface area contributed by atoms with Gasteiger partial charge in [-0.25, -0.2) is 4.39 Å². The molecule has 0 radical (unpaired) electrons. The molecule has 2 aromatic carbocycles. The van der Waals surface area contributed by atoms with Crippen molar-refractivity contribution in [2.75, 3.05) is 6.54 Å². The Balaban J connectivity index is 2.09. The SMILES string of the molecule is Cc1cc(C)cc(OCc2ccc(C#CCN)cc2F)c1. The van der Waals surface area contributed by atoms with Gasteiger partial charge in [0.25, 0.3) is 0 Å². The van der Waals surface area contributed by atoms with E-state index in [4.69, 9.17) is 10.5 Å². The highest BCUT2D eigenvalue weighted by Crippen LogP contribution is 2.19. The highest BCUT2D eigenvalue weighted by molar-refractivity contribution is 5.37. The molecule has 2 aromatic rings. The maximum atomic E-state index is 14.0. The molecule has 108 valence electrons. The van der Waals surface area contributed by atoms with E-state index in [2.05, 4.69) is 17.9 Å². The minimum Gasteiger partial charge on any atom is -0.489 e. The standard InChI is InChI=1S/C18H18FNO/c1-13-8-14(2)10-17(9-13)21-12-16-6-5-15(4-3-7-20)11-18(16)19/h5-6,8-11H,7,12,20H2,1-2H3. The second-order valence-electron chi connectivity index (χ2n) is 4.92. The van der Waals surface area contributed by atoms with Crippen molar-refractivity contribution in [2.45, 2.75) is 20.5 Å². The van der Waals surface area contributed by atoms with Crippen LogP contribution in [0.25, 0.3) is 0 Å². The topological polar surface area (TPSA) is 35.2 Å². The highest BCUT2D eigenvalue weighted by Gasteiger charge is 2.04. The molecular weight excluding hydrogens is 265 g/mol. The third-order valence-electron chi connectivity index (χ3n) is 2.98. The van der Waals surface area contributed by atoms with Crippen LogP contribution in [0.15, 0.2) is 36.4 Å². The molecular formula is C18H18FNO. The van der Waals surface area contributed by atoms with Crippen molar-refractivity contribution in [3.63, 3.8) is 0 Å². The van der Waals surface area contributed by atoms with Gasteiger partial charge in [-0.3, -0.25) is 0 Å². The number of aryl methyl sites for hydroxylation is 2.